The summed E-state index contributed by atoms with van der Waals surface area (Å²) in [5, 5.41) is 0. The zero-order valence-corrected chi connectivity index (χ0v) is 15.5. The van der Waals surface area contributed by atoms with E-state index in [1.165, 1.54) is 6.08 Å². The number of hydrogen-bond donors (Lipinski definition) is 0. The fourth-order valence-corrected chi connectivity index (χ4v) is 3.05. The smallest absolute Gasteiger partial charge is 0.417 e. The van der Waals surface area contributed by atoms with Gasteiger partial charge >= 0.3 is 6.09 Å². The van der Waals surface area contributed by atoms with E-state index in [0.29, 0.717) is 6.61 Å². The van der Waals surface area contributed by atoms with E-state index in [-0.39, 0.29) is 6.61 Å². The number of benzene rings is 2. The quantitative estimate of drug-likeness (QED) is 0.531. The summed E-state index contributed by atoms with van der Waals surface area (Å²) >= 11 is 0. The van der Waals surface area contributed by atoms with Crippen LogP contribution in [0.4, 0.5) is 9.18 Å². The van der Waals surface area contributed by atoms with Gasteiger partial charge in [0.05, 0.1) is 19.3 Å². The van der Waals surface area contributed by atoms with Gasteiger partial charge in [-0.05, 0) is 24.1 Å². The number of carbonyl (C=O) groups excluding carboxylic acids is 2. The second-order valence-corrected chi connectivity index (χ2v) is 6.49. The Morgan fingerprint density at radius 2 is 1.82 bits per heavy atom. The first kappa shape index (κ1) is 19.8. The van der Waals surface area contributed by atoms with Crippen LogP contribution >= 0.6 is 0 Å². The molecule has 1 heterocycles. The zero-order chi connectivity index (χ0) is 19.9. The lowest BCUT2D eigenvalue weighted by atomic mass is 10.0. The number of halogens is 1. The minimum atomic E-state index is -1.94. The Balaban J connectivity index is 1.53. The fourth-order valence-electron chi connectivity index (χ4n) is 3.05. The van der Waals surface area contributed by atoms with Gasteiger partial charge < -0.3 is 9.47 Å². The van der Waals surface area contributed by atoms with Gasteiger partial charge in [-0.3, -0.25) is 4.79 Å². The zero-order valence-electron chi connectivity index (χ0n) is 15.5. The molecule has 5 nitrogen and oxygen atoms in total. The third-order valence-electron chi connectivity index (χ3n) is 4.50. The van der Waals surface area contributed by atoms with E-state index in [9.17, 15) is 14.0 Å². The molecule has 0 saturated carbocycles. The predicted molar refractivity (Wildman–Crippen MR) is 102 cm³/mol. The van der Waals surface area contributed by atoms with Gasteiger partial charge in [-0.25, -0.2) is 14.1 Å². The van der Waals surface area contributed by atoms with Crippen molar-refractivity contribution in [1.82, 2.24) is 4.90 Å². The minimum absolute atomic E-state index is 0.162. The molecule has 0 spiro atoms. The number of carbonyl (C=O) groups is 2. The number of hydrogen-bond acceptors (Lipinski definition) is 4. The van der Waals surface area contributed by atoms with Gasteiger partial charge in [0.2, 0.25) is 0 Å². The maximum atomic E-state index is 14.3. The van der Waals surface area contributed by atoms with Gasteiger partial charge in [-0.15, -0.1) is 0 Å². The Morgan fingerprint density at radius 3 is 2.50 bits per heavy atom. The topological polar surface area (TPSA) is 55.8 Å². The summed E-state index contributed by atoms with van der Waals surface area (Å²) < 4.78 is 25.0. The highest BCUT2D eigenvalue weighted by atomic mass is 19.1. The normalized spacial score (nSPS) is 20.4. The molecule has 0 N–H and O–H groups in total. The number of cyclic esters (lactones) is 1. The van der Waals surface area contributed by atoms with Crippen LogP contribution in [0.1, 0.15) is 24.2 Å². The van der Waals surface area contributed by atoms with Crippen LogP contribution in [0, 0.1) is 0 Å². The molecule has 0 bridgehead atoms. The highest BCUT2D eigenvalue weighted by Gasteiger charge is 2.45. The third kappa shape index (κ3) is 4.64. The Bertz CT molecular complexity index is 825. The van der Waals surface area contributed by atoms with Gasteiger partial charge in [-0.2, -0.15) is 0 Å². The Morgan fingerprint density at radius 1 is 1.18 bits per heavy atom. The largest absolute Gasteiger partial charge is 0.439 e. The first-order chi connectivity index (χ1) is 13.6. The number of rotatable bonds is 7. The molecule has 2 aromatic carbocycles. The van der Waals surface area contributed by atoms with Crippen LogP contribution in [-0.4, -0.2) is 35.7 Å². The van der Waals surface area contributed by atoms with Crippen LogP contribution in [0.2, 0.25) is 0 Å². The van der Waals surface area contributed by atoms with Gasteiger partial charge in [0.25, 0.3) is 5.91 Å². The lowest BCUT2D eigenvalue weighted by Crippen LogP contribution is -2.42. The molecule has 3 atom stereocenters. The molecule has 2 aromatic rings. The number of nitrogens with zero attached hydrogens (tertiary/aromatic N) is 1. The van der Waals surface area contributed by atoms with Crippen LogP contribution < -0.4 is 0 Å². The molecular formula is C22H22FNO4. The third-order valence-corrected chi connectivity index (χ3v) is 4.50. The fraction of sp³-hybridized carbons (Fsp3) is 0.273. The molecular weight excluding hydrogens is 361 g/mol. The molecule has 0 unspecified atom stereocenters. The molecule has 146 valence electrons. The van der Waals surface area contributed by atoms with E-state index in [4.69, 9.17) is 9.47 Å². The molecule has 1 saturated heterocycles. The van der Waals surface area contributed by atoms with E-state index in [0.717, 1.165) is 22.1 Å². The summed E-state index contributed by atoms with van der Waals surface area (Å²) in [4.78, 5) is 25.3. The summed E-state index contributed by atoms with van der Waals surface area (Å²) in [5.41, 5.74) is 1.77. The van der Waals surface area contributed by atoms with Crippen molar-refractivity contribution >= 4 is 12.0 Å². The van der Waals surface area contributed by atoms with Crippen molar-refractivity contribution < 1.29 is 23.5 Å². The summed E-state index contributed by atoms with van der Waals surface area (Å²) in [6.07, 6.45) is -0.842. The van der Waals surface area contributed by atoms with E-state index >= 15 is 0 Å². The molecule has 1 aliphatic heterocycles. The number of amides is 2. The van der Waals surface area contributed by atoms with Crippen molar-refractivity contribution in [2.45, 2.75) is 31.8 Å². The van der Waals surface area contributed by atoms with Gasteiger partial charge in [0.15, 0.2) is 6.17 Å². The van der Waals surface area contributed by atoms with Crippen molar-refractivity contribution in [1.29, 1.82) is 0 Å². The minimum Gasteiger partial charge on any atom is -0.439 e. The molecule has 0 aromatic heterocycles. The Kier molecular flexibility index (Phi) is 6.55. The molecule has 2 amide bonds. The van der Waals surface area contributed by atoms with E-state index in [2.05, 4.69) is 0 Å². The van der Waals surface area contributed by atoms with Crippen LogP contribution in [-0.2, 0) is 20.9 Å². The van der Waals surface area contributed by atoms with Crippen LogP contribution in [0.25, 0.3) is 0 Å². The SMILES string of the molecule is C[C@@H]1[C@H](c2ccccc2)OC(=O)N1C(=O)[C@@H](F)/C=C/COCc1ccccc1. The standard InChI is InChI=1S/C22H22FNO4/c1-16-20(18-11-6-3-7-12-18)28-22(26)24(16)21(25)19(23)13-8-14-27-15-17-9-4-2-5-10-17/h2-13,16,19-20H,14-15H2,1H3/b13-8+/t16-,19+,20-/m1/s1. The number of imide groups is 1. The van der Waals surface area contributed by atoms with Crippen LogP contribution in [0.5, 0.6) is 0 Å². The van der Waals surface area contributed by atoms with Crippen molar-refractivity contribution in [3.63, 3.8) is 0 Å². The van der Waals surface area contributed by atoms with Crippen molar-refractivity contribution in [2.75, 3.05) is 6.61 Å². The lowest BCUT2D eigenvalue weighted by molar-refractivity contribution is -0.132. The van der Waals surface area contributed by atoms with Gasteiger partial charge in [-0.1, -0.05) is 66.7 Å². The molecule has 0 aliphatic carbocycles. The highest BCUT2D eigenvalue weighted by molar-refractivity contribution is 5.97. The van der Waals surface area contributed by atoms with Crippen molar-refractivity contribution in [2.24, 2.45) is 0 Å². The summed E-state index contributed by atoms with van der Waals surface area (Å²) in [7, 11) is 0. The molecule has 1 fully saturated rings. The second kappa shape index (κ2) is 9.28. The summed E-state index contributed by atoms with van der Waals surface area (Å²) in [6.45, 7) is 2.22. The monoisotopic (exact) mass is 383 g/mol. The Labute approximate surface area is 163 Å². The maximum Gasteiger partial charge on any atom is 0.417 e. The van der Waals surface area contributed by atoms with Crippen LogP contribution in [0.3, 0.4) is 0 Å². The first-order valence-corrected chi connectivity index (χ1v) is 9.09. The van der Waals surface area contributed by atoms with E-state index < -0.39 is 30.3 Å². The van der Waals surface area contributed by atoms with Crippen LogP contribution in [0.15, 0.2) is 72.8 Å². The molecule has 6 heteroatoms. The first-order valence-electron chi connectivity index (χ1n) is 9.09. The summed E-state index contributed by atoms with van der Waals surface area (Å²) in [6, 6.07) is 18.1. The second-order valence-electron chi connectivity index (χ2n) is 6.49. The predicted octanol–water partition coefficient (Wildman–Crippen LogP) is 4.21. The molecule has 0 radical (unpaired) electrons. The number of alkyl halides is 1. The molecule has 3 rings (SSSR count). The maximum absolute atomic E-state index is 14.3. The van der Waals surface area contributed by atoms with Crippen molar-refractivity contribution in [3.05, 3.63) is 83.9 Å². The number of ether oxygens (including phenoxy) is 2. The van der Waals surface area contributed by atoms with E-state index in [1.807, 2.05) is 48.5 Å². The average molecular weight is 383 g/mol. The van der Waals surface area contributed by atoms with E-state index in [1.54, 1.807) is 19.1 Å². The van der Waals surface area contributed by atoms with Gasteiger partial charge in [0.1, 0.15) is 6.10 Å². The Hall–Kier alpha value is -2.99. The molecule has 1 aliphatic rings. The lowest BCUT2D eigenvalue weighted by Gasteiger charge is -2.20. The summed E-state index contributed by atoms with van der Waals surface area (Å²) in [5.74, 6) is -0.935. The van der Waals surface area contributed by atoms with Gasteiger partial charge in [0, 0.05) is 0 Å². The molecule has 28 heavy (non-hydrogen) atoms. The van der Waals surface area contributed by atoms with Crippen molar-refractivity contribution in [3.8, 4) is 0 Å². The average Bonchev–Trinajstić information content (AvgIpc) is 3.02. The highest BCUT2D eigenvalue weighted by Crippen LogP contribution is 2.32.